The van der Waals surface area contributed by atoms with Gasteiger partial charge in [-0.15, -0.1) is 12.4 Å². The molecule has 1 fully saturated rings. The molecule has 130 valence electrons. The molecule has 1 aromatic carbocycles. The highest BCUT2D eigenvalue weighted by atomic mass is 35.5. The molecule has 1 aliphatic heterocycles. The fraction of sp³-hybridized carbons (Fsp3) is 0.611. The Bertz CT molecular complexity index is 480. The average Bonchev–Trinajstić information content (AvgIpc) is 2.90. The van der Waals surface area contributed by atoms with Gasteiger partial charge in [0.15, 0.2) is 0 Å². The largest absolute Gasteiger partial charge is 0.352 e. The number of nitrogens with zero attached hydrogens (tertiary/aromatic N) is 1. The lowest BCUT2D eigenvalue weighted by Gasteiger charge is -2.20. The molecule has 1 unspecified atom stereocenters. The fourth-order valence-corrected chi connectivity index (χ4v) is 3.08. The molecule has 1 heterocycles. The Labute approximate surface area is 146 Å². The smallest absolute Gasteiger partial charge is 0.234 e. The zero-order valence-corrected chi connectivity index (χ0v) is 15.2. The molecule has 1 aromatic rings. The molecular weight excluding hydrogens is 310 g/mol. The first-order chi connectivity index (χ1) is 10.5. The van der Waals surface area contributed by atoms with Crippen LogP contribution in [0.1, 0.15) is 32.3 Å². The van der Waals surface area contributed by atoms with Crippen LogP contribution in [0.4, 0.5) is 0 Å². The number of benzene rings is 1. The Morgan fingerprint density at radius 1 is 1.26 bits per heavy atom. The monoisotopic (exact) mass is 339 g/mol. The van der Waals surface area contributed by atoms with Crippen molar-refractivity contribution in [2.75, 3.05) is 26.2 Å². The van der Waals surface area contributed by atoms with Crippen molar-refractivity contribution in [2.45, 2.75) is 32.7 Å². The van der Waals surface area contributed by atoms with Crippen molar-refractivity contribution in [3.05, 3.63) is 35.9 Å². The van der Waals surface area contributed by atoms with Crippen molar-refractivity contribution in [1.29, 1.82) is 0 Å². The lowest BCUT2D eigenvalue weighted by atomic mass is 9.89. The highest BCUT2D eigenvalue weighted by Gasteiger charge is 2.33. The molecule has 23 heavy (non-hydrogen) atoms. The van der Waals surface area contributed by atoms with Gasteiger partial charge in [0.05, 0.1) is 6.54 Å². The maximum atomic E-state index is 12.2. The summed E-state index contributed by atoms with van der Waals surface area (Å²) in [7, 11) is 0. The number of likely N-dealkylation sites (tertiary alicyclic amines) is 1. The van der Waals surface area contributed by atoms with Gasteiger partial charge in [-0.25, -0.2) is 0 Å². The predicted octanol–water partition coefficient (Wildman–Crippen LogP) is 2.24. The average molecular weight is 340 g/mol. The van der Waals surface area contributed by atoms with Crippen LogP contribution in [0.2, 0.25) is 0 Å². The fourth-order valence-electron chi connectivity index (χ4n) is 3.08. The van der Waals surface area contributed by atoms with Gasteiger partial charge in [-0.1, -0.05) is 44.2 Å². The lowest BCUT2D eigenvalue weighted by Crippen LogP contribution is -2.42. The molecule has 3 atom stereocenters. The lowest BCUT2D eigenvalue weighted by molar-refractivity contribution is -0.122. The minimum Gasteiger partial charge on any atom is -0.352 e. The third kappa shape index (κ3) is 5.48. The number of amides is 1. The minimum absolute atomic E-state index is 0. The maximum absolute atomic E-state index is 12.2. The van der Waals surface area contributed by atoms with Gasteiger partial charge < -0.3 is 11.1 Å². The van der Waals surface area contributed by atoms with Gasteiger partial charge in [-0.05, 0) is 30.9 Å². The Hall–Kier alpha value is -1.10. The molecule has 0 bridgehead atoms. The van der Waals surface area contributed by atoms with Crippen molar-refractivity contribution in [1.82, 2.24) is 10.2 Å². The molecule has 1 saturated heterocycles. The summed E-state index contributed by atoms with van der Waals surface area (Å²) in [5.41, 5.74) is 7.28. The van der Waals surface area contributed by atoms with Gasteiger partial charge in [0.2, 0.25) is 5.91 Å². The van der Waals surface area contributed by atoms with E-state index in [2.05, 4.69) is 55.3 Å². The number of halogens is 1. The van der Waals surface area contributed by atoms with Crippen LogP contribution in [-0.4, -0.2) is 43.0 Å². The van der Waals surface area contributed by atoms with E-state index in [4.69, 9.17) is 5.73 Å². The first kappa shape index (κ1) is 19.9. The van der Waals surface area contributed by atoms with E-state index in [0.29, 0.717) is 30.8 Å². The number of nitrogens with two attached hydrogens (primary N) is 1. The van der Waals surface area contributed by atoms with Gasteiger partial charge in [-0.2, -0.15) is 0 Å². The van der Waals surface area contributed by atoms with Crippen molar-refractivity contribution < 1.29 is 4.79 Å². The summed E-state index contributed by atoms with van der Waals surface area (Å²) in [5, 5.41) is 3.08. The first-order valence-electron chi connectivity index (χ1n) is 8.28. The molecule has 0 aromatic heterocycles. The molecule has 0 radical (unpaired) electrons. The van der Waals surface area contributed by atoms with E-state index in [1.54, 1.807) is 0 Å². The summed E-state index contributed by atoms with van der Waals surface area (Å²) < 4.78 is 0. The van der Waals surface area contributed by atoms with E-state index in [1.807, 2.05) is 6.07 Å². The Morgan fingerprint density at radius 3 is 2.48 bits per heavy atom. The molecule has 2 rings (SSSR count). The number of carbonyl (C=O) groups is 1. The SMILES string of the molecule is CC(C)C(C)NC(=O)CN1C[C@@H](CN)[C@H](c2ccccc2)C1.Cl. The zero-order valence-electron chi connectivity index (χ0n) is 14.4. The molecule has 1 aliphatic rings. The summed E-state index contributed by atoms with van der Waals surface area (Å²) in [5.74, 6) is 1.43. The van der Waals surface area contributed by atoms with Gasteiger partial charge >= 0.3 is 0 Å². The molecule has 0 saturated carbocycles. The topological polar surface area (TPSA) is 58.4 Å². The summed E-state index contributed by atoms with van der Waals surface area (Å²) >= 11 is 0. The van der Waals surface area contributed by atoms with Crippen LogP contribution in [0, 0.1) is 11.8 Å². The summed E-state index contributed by atoms with van der Waals surface area (Å²) in [6.45, 7) is 9.25. The second-order valence-electron chi connectivity index (χ2n) is 6.81. The first-order valence-corrected chi connectivity index (χ1v) is 8.28. The van der Waals surface area contributed by atoms with Crippen molar-refractivity contribution in [2.24, 2.45) is 17.6 Å². The summed E-state index contributed by atoms with van der Waals surface area (Å²) in [6.07, 6.45) is 0. The molecule has 1 amide bonds. The molecular formula is C18H30ClN3O. The number of nitrogens with one attached hydrogen (secondary N) is 1. The van der Waals surface area contributed by atoms with E-state index >= 15 is 0 Å². The van der Waals surface area contributed by atoms with Crippen LogP contribution < -0.4 is 11.1 Å². The van der Waals surface area contributed by atoms with Crippen LogP contribution >= 0.6 is 12.4 Å². The molecule has 0 aliphatic carbocycles. The van der Waals surface area contributed by atoms with Crippen LogP contribution in [0.15, 0.2) is 30.3 Å². The predicted molar refractivity (Wildman–Crippen MR) is 97.9 cm³/mol. The van der Waals surface area contributed by atoms with E-state index in [0.717, 1.165) is 13.1 Å². The highest BCUT2D eigenvalue weighted by molar-refractivity contribution is 5.85. The number of rotatable bonds is 6. The molecule has 4 nitrogen and oxygen atoms in total. The second-order valence-corrected chi connectivity index (χ2v) is 6.81. The quantitative estimate of drug-likeness (QED) is 0.835. The maximum Gasteiger partial charge on any atom is 0.234 e. The van der Waals surface area contributed by atoms with Crippen LogP contribution in [0.5, 0.6) is 0 Å². The van der Waals surface area contributed by atoms with Gasteiger partial charge in [-0.3, -0.25) is 9.69 Å². The molecule has 5 heteroatoms. The zero-order chi connectivity index (χ0) is 16.1. The third-order valence-electron chi connectivity index (χ3n) is 4.80. The van der Waals surface area contributed by atoms with Crippen LogP contribution in [0.3, 0.4) is 0 Å². The van der Waals surface area contributed by atoms with E-state index in [1.165, 1.54) is 5.56 Å². The van der Waals surface area contributed by atoms with E-state index < -0.39 is 0 Å². The minimum atomic E-state index is 0. The Balaban J connectivity index is 0.00000264. The summed E-state index contributed by atoms with van der Waals surface area (Å²) in [4.78, 5) is 14.4. The highest BCUT2D eigenvalue weighted by Crippen LogP contribution is 2.31. The third-order valence-corrected chi connectivity index (χ3v) is 4.80. The van der Waals surface area contributed by atoms with Crippen LogP contribution in [-0.2, 0) is 4.79 Å². The standard InChI is InChI=1S/C18H29N3O.ClH/c1-13(2)14(3)20-18(22)12-21-10-16(9-19)17(11-21)15-7-5-4-6-8-15;/h4-8,13-14,16-17H,9-12,19H2,1-3H3,(H,20,22);1H/t14?,16-,17+;/m1./s1. The van der Waals surface area contributed by atoms with Gasteiger partial charge in [0.25, 0.3) is 0 Å². The Morgan fingerprint density at radius 2 is 1.91 bits per heavy atom. The molecule has 0 spiro atoms. The summed E-state index contributed by atoms with van der Waals surface area (Å²) in [6, 6.07) is 10.7. The van der Waals surface area contributed by atoms with Crippen molar-refractivity contribution >= 4 is 18.3 Å². The van der Waals surface area contributed by atoms with Crippen LogP contribution in [0.25, 0.3) is 0 Å². The second kappa shape index (κ2) is 9.26. The van der Waals surface area contributed by atoms with Gasteiger partial charge in [0.1, 0.15) is 0 Å². The molecule has 3 N–H and O–H groups in total. The number of hydrogen-bond acceptors (Lipinski definition) is 3. The Kier molecular flexibility index (Phi) is 8.03. The normalized spacial score (nSPS) is 22.7. The van der Waals surface area contributed by atoms with E-state index in [9.17, 15) is 4.79 Å². The number of hydrogen-bond donors (Lipinski definition) is 2. The van der Waals surface area contributed by atoms with Gasteiger partial charge in [0, 0.05) is 25.0 Å². The van der Waals surface area contributed by atoms with E-state index in [-0.39, 0.29) is 24.4 Å². The van der Waals surface area contributed by atoms with Crippen molar-refractivity contribution in [3.8, 4) is 0 Å². The van der Waals surface area contributed by atoms with Crippen molar-refractivity contribution in [3.63, 3.8) is 0 Å². The number of carbonyl (C=O) groups excluding carboxylic acids is 1.